The first kappa shape index (κ1) is 14.8. The molecular weight excluding hydrogens is 250 g/mol. The molecule has 1 aliphatic rings. The number of amides is 1. The summed E-state index contributed by atoms with van der Waals surface area (Å²) in [7, 11) is 0. The van der Waals surface area contributed by atoms with Gasteiger partial charge in [-0.1, -0.05) is 43.2 Å². The van der Waals surface area contributed by atoms with Crippen molar-refractivity contribution >= 4 is 12.0 Å². The molecule has 0 aliphatic heterocycles. The first-order valence-electron chi connectivity index (χ1n) is 7.20. The number of aliphatic hydroxyl groups excluding tert-OH is 1. The maximum atomic E-state index is 12.0. The first-order chi connectivity index (χ1) is 9.53. The van der Waals surface area contributed by atoms with Crippen LogP contribution in [0.15, 0.2) is 30.3 Å². The van der Waals surface area contributed by atoms with Gasteiger partial charge in [0.05, 0.1) is 6.61 Å². The highest BCUT2D eigenvalue weighted by atomic mass is 16.3. The average molecular weight is 273 g/mol. The van der Waals surface area contributed by atoms with Crippen LogP contribution in [0.5, 0.6) is 0 Å². The fourth-order valence-electron chi connectivity index (χ4n) is 2.74. The van der Waals surface area contributed by atoms with Gasteiger partial charge in [0.25, 0.3) is 0 Å². The predicted octanol–water partition coefficient (Wildman–Crippen LogP) is 2.68. The van der Waals surface area contributed by atoms with E-state index in [1.54, 1.807) is 6.08 Å². The van der Waals surface area contributed by atoms with Crippen LogP contribution >= 0.6 is 0 Å². The van der Waals surface area contributed by atoms with E-state index in [0.717, 1.165) is 24.8 Å². The molecule has 0 bridgehead atoms. The molecule has 3 nitrogen and oxygen atoms in total. The van der Waals surface area contributed by atoms with Gasteiger partial charge < -0.3 is 10.4 Å². The smallest absolute Gasteiger partial charge is 0.244 e. The molecule has 1 aromatic rings. The van der Waals surface area contributed by atoms with E-state index in [1.165, 1.54) is 5.56 Å². The fraction of sp³-hybridized carbons (Fsp3) is 0.471. The number of hydrogen-bond donors (Lipinski definition) is 2. The number of carbonyl (C=O) groups is 1. The number of benzene rings is 1. The molecule has 1 fully saturated rings. The predicted molar refractivity (Wildman–Crippen MR) is 81.2 cm³/mol. The first-order valence-corrected chi connectivity index (χ1v) is 7.20. The Morgan fingerprint density at radius 2 is 2.15 bits per heavy atom. The number of hydrogen-bond acceptors (Lipinski definition) is 2. The zero-order chi connectivity index (χ0) is 14.6. The lowest BCUT2D eigenvalue weighted by atomic mass is 9.86. The lowest BCUT2D eigenvalue weighted by Crippen LogP contribution is -2.44. The van der Waals surface area contributed by atoms with Crippen molar-refractivity contribution in [1.82, 2.24) is 5.32 Å². The van der Waals surface area contributed by atoms with Crippen LogP contribution in [0, 0.1) is 12.3 Å². The number of nitrogens with one attached hydrogen (secondary N) is 1. The highest BCUT2D eigenvalue weighted by Gasteiger charge is 2.38. The zero-order valence-electron chi connectivity index (χ0n) is 12.2. The summed E-state index contributed by atoms with van der Waals surface area (Å²) in [5.41, 5.74) is 2.05. The molecule has 2 N–H and O–H groups in total. The number of carbonyl (C=O) groups excluding carboxylic acids is 1. The van der Waals surface area contributed by atoms with Crippen LogP contribution in [0.4, 0.5) is 0 Å². The summed E-state index contributed by atoms with van der Waals surface area (Å²) in [6.07, 6.45) is 6.36. The SMILES string of the molecule is Cc1ccc(/C=C/C(=O)NC2CCCC2(C)CO)cc1. The van der Waals surface area contributed by atoms with E-state index in [4.69, 9.17) is 0 Å². The molecule has 2 rings (SSSR count). The molecule has 1 aliphatic carbocycles. The lowest BCUT2D eigenvalue weighted by molar-refractivity contribution is -0.117. The number of aliphatic hydroxyl groups is 1. The molecule has 0 aromatic heterocycles. The van der Waals surface area contributed by atoms with Crippen molar-refractivity contribution in [1.29, 1.82) is 0 Å². The Hall–Kier alpha value is -1.61. The Balaban J connectivity index is 1.94. The van der Waals surface area contributed by atoms with Gasteiger partial charge in [0, 0.05) is 17.5 Å². The summed E-state index contributed by atoms with van der Waals surface area (Å²) in [6.45, 7) is 4.20. The number of rotatable bonds is 4. The third-order valence-corrected chi connectivity index (χ3v) is 4.26. The van der Waals surface area contributed by atoms with E-state index < -0.39 is 0 Å². The maximum Gasteiger partial charge on any atom is 0.244 e. The summed E-state index contributed by atoms with van der Waals surface area (Å²) in [5.74, 6) is -0.0860. The third-order valence-electron chi connectivity index (χ3n) is 4.26. The second kappa shape index (κ2) is 6.23. The molecule has 0 radical (unpaired) electrons. The highest BCUT2D eigenvalue weighted by molar-refractivity contribution is 5.92. The molecule has 1 saturated carbocycles. The Bertz CT molecular complexity index is 492. The Morgan fingerprint density at radius 1 is 1.45 bits per heavy atom. The number of aryl methyl sites for hydroxylation is 1. The van der Waals surface area contributed by atoms with Crippen molar-refractivity contribution in [3.8, 4) is 0 Å². The average Bonchev–Trinajstić information content (AvgIpc) is 2.80. The molecular formula is C17H23NO2. The zero-order valence-corrected chi connectivity index (χ0v) is 12.2. The topological polar surface area (TPSA) is 49.3 Å². The van der Waals surface area contributed by atoms with Gasteiger partial charge in [-0.05, 0) is 31.4 Å². The van der Waals surface area contributed by atoms with Gasteiger partial charge in [-0.3, -0.25) is 4.79 Å². The quantitative estimate of drug-likeness (QED) is 0.829. The van der Waals surface area contributed by atoms with Crippen molar-refractivity contribution in [3.63, 3.8) is 0 Å². The fourth-order valence-corrected chi connectivity index (χ4v) is 2.74. The van der Waals surface area contributed by atoms with Crippen LogP contribution < -0.4 is 5.32 Å². The van der Waals surface area contributed by atoms with Crippen LogP contribution in [0.1, 0.15) is 37.3 Å². The van der Waals surface area contributed by atoms with Gasteiger partial charge in [-0.2, -0.15) is 0 Å². The molecule has 1 aromatic carbocycles. The van der Waals surface area contributed by atoms with Gasteiger partial charge in [0.15, 0.2) is 0 Å². The molecule has 0 spiro atoms. The molecule has 1 amide bonds. The van der Waals surface area contributed by atoms with Crippen molar-refractivity contribution in [3.05, 3.63) is 41.5 Å². The largest absolute Gasteiger partial charge is 0.396 e. The maximum absolute atomic E-state index is 12.0. The van der Waals surface area contributed by atoms with E-state index in [-0.39, 0.29) is 24.0 Å². The molecule has 108 valence electrons. The summed E-state index contributed by atoms with van der Waals surface area (Å²) < 4.78 is 0. The standard InChI is InChI=1S/C17H23NO2/c1-13-5-7-14(8-6-13)9-10-16(20)18-15-4-3-11-17(15,2)12-19/h5-10,15,19H,3-4,11-12H2,1-2H3,(H,18,20)/b10-9+. The highest BCUT2D eigenvalue weighted by Crippen LogP contribution is 2.37. The van der Waals surface area contributed by atoms with Gasteiger partial charge >= 0.3 is 0 Å². The van der Waals surface area contributed by atoms with Crippen LogP contribution in [0.3, 0.4) is 0 Å². The lowest BCUT2D eigenvalue weighted by Gasteiger charge is -2.29. The molecule has 0 heterocycles. The van der Waals surface area contributed by atoms with Gasteiger partial charge in [-0.15, -0.1) is 0 Å². The Morgan fingerprint density at radius 3 is 2.80 bits per heavy atom. The van der Waals surface area contributed by atoms with Gasteiger partial charge in [0.2, 0.25) is 5.91 Å². The molecule has 3 heteroatoms. The van der Waals surface area contributed by atoms with Crippen molar-refractivity contribution < 1.29 is 9.90 Å². The second-order valence-electron chi connectivity index (χ2n) is 6.01. The Labute approximate surface area is 120 Å². The van der Waals surface area contributed by atoms with E-state index >= 15 is 0 Å². The van der Waals surface area contributed by atoms with Crippen molar-refractivity contribution in [2.45, 2.75) is 39.2 Å². The Kier molecular flexibility index (Phi) is 4.61. The van der Waals surface area contributed by atoms with Crippen LogP contribution in [-0.4, -0.2) is 23.7 Å². The van der Waals surface area contributed by atoms with Crippen molar-refractivity contribution in [2.75, 3.05) is 6.61 Å². The molecule has 2 atom stereocenters. The van der Waals surface area contributed by atoms with Gasteiger partial charge in [0.1, 0.15) is 0 Å². The van der Waals surface area contributed by atoms with Crippen LogP contribution in [0.2, 0.25) is 0 Å². The summed E-state index contributed by atoms with van der Waals surface area (Å²) in [6, 6.07) is 8.11. The summed E-state index contributed by atoms with van der Waals surface area (Å²) in [4.78, 5) is 12.0. The minimum atomic E-state index is -0.173. The van der Waals surface area contributed by atoms with E-state index in [1.807, 2.05) is 44.2 Å². The minimum Gasteiger partial charge on any atom is -0.396 e. The second-order valence-corrected chi connectivity index (χ2v) is 6.01. The van der Waals surface area contributed by atoms with E-state index in [9.17, 15) is 9.90 Å². The molecule has 20 heavy (non-hydrogen) atoms. The summed E-state index contributed by atoms with van der Waals surface area (Å²) in [5, 5.41) is 12.5. The monoisotopic (exact) mass is 273 g/mol. The van der Waals surface area contributed by atoms with Crippen LogP contribution in [-0.2, 0) is 4.79 Å². The van der Waals surface area contributed by atoms with Gasteiger partial charge in [-0.25, -0.2) is 0 Å². The minimum absolute atomic E-state index is 0.0719. The van der Waals surface area contributed by atoms with Crippen LogP contribution in [0.25, 0.3) is 6.08 Å². The van der Waals surface area contributed by atoms with E-state index in [0.29, 0.717) is 0 Å². The summed E-state index contributed by atoms with van der Waals surface area (Å²) >= 11 is 0. The molecule has 2 unspecified atom stereocenters. The normalized spacial score (nSPS) is 26.1. The van der Waals surface area contributed by atoms with E-state index in [2.05, 4.69) is 5.32 Å². The molecule has 0 saturated heterocycles. The van der Waals surface area contributed by atoms with Crippen molar-refractivity contribution in [2.24, 2.45) is 5.41 Å². The third kappa shape index (κ3) is 3.48.